The summed E-state index contributed by atoms with van der Waals surface area (Å²) in [5.74, 6) is -1.39. The molecule has 2 aromatic carbocycles. The Labute approximate surface area is 172 Å². The number of carbonyl (C=O) groups excluding carboxylic acids is 3. The molecule has 7 heteroatoms. The lowest BCUT2D eigenvalue weighted by Gasteiger charge is -2.11. The van der Waals surface area contributed by atoms with Crippen LogP contribution in [0.4, 0.5) is 5.69 Å². The van der Waals surface area contributed by atoms with E-state index in [1.165, 1.54) is 10.9 Å². The Kier molecular flexibility index (Phi) is 7.13. The fourth-order valence-corrected chi connectivity index (χ4v) is 3.30. The third-order valence-electron chi connectivity index (χ3n) is 4.04. The summed E-state index contributed by atoms with van der Waals surface area (Å²) in [4.78, 5) is 37.8. The molecule has 148 valence electrons. The number of esters is 1. The van der Waals surface area contributed by atoms with Gasteiger partial charge in [-0.3, -0.25) is 9.59 Å². The first-order chi connectivity index (χ1) is 14.1. The molecule has 0 unspecified atom stereocenters. The number of thiophene rings is 1. The van der Waals surface area contributed by atoms with Crippen molar-refractivity contribution >= 4 is 34.8 Å². The predicted molar refractivity (Wildman–Crippen MR) is 112 cm³/mol. The number of para-hydroxylation sites is 1. The zero-order valence-corrected chi connectivity index (χ0v) is 16.4. The van der Waals surface area contributed by atoms with Crippen LogP contribution in [0, 0.1) is 0 Å². The van der Waals surface area contributed by atoms with Crippen LogP contribution < -0.4 is 10.6 Å². The number of nitrogens with one attached hydrogen (secondary N) is 2. The van der Waals surface area contributed by atoms with Crippen LogP contribution in [0.25, 0.3) is 0 Å². The maximum atomic E-state index is 12.4. The summed E-state index contributed by atoms with van der Waals surface area (Å²) in [5, 5.41) is 7.40. The van der Waals surface area contributed by atoms with E-state index in [1.54, 1.807) is 53.8 Å². The standard InChI is InChI=1S/C22H20N2O4S/c25-20(23-13-12-17-9-6-14-29-17)15-28-22(27)18-10-4-5-11-19(18)24-21(26)16-7-2-1-3-8-16/h1-11,14H,12-13,15H2,(H,23,25)(H,24,26). The van der Waals surface area contributed by atoms with Gasteiger partial charge >= 0.3 is 5.97 Å². The summed E-state index contributed by atoms with van der Waals surface area (Å²) in [6.07, 6.45) is 0.728. The number of hydrogen-bond donors (Lipinski definition) is 2. The molecule has 2 amide bonds. The van der Waals surface area contributed by atoms with Crippen molar-refractivity contribution in [1.82, 2.24) is 5.32 Å². The minimum absolute atomic E-state index is 0.183. The maximum absolute atomic E-state index is 12.4. The van der Waals surface area contributed by atoms with E-state index in [4.69, 9.17) is 4.74 Å². The number of benzene rings is 2. The highest BCUT2D eigenvalue weighted by Crippen LogP contribution is 2.17. The predicted octanol–water partition coefficient (Wildman–Crippen LogP) is 3.52. The van der Waals surface area contributed by atoms with Gasteiger partial charge in [0.15, 0.2) is 6.61 Å². The Morgan fingerprint density at radius 2 is 1.66 bits per heavy atom. The molecule has 6 nitrogen and oxygen atoms in total. The average Bonchev–Trinajstić information content (AvgIpc) is 3.26. The van der Waals surface area contributed by atoms with Crippen LogP contribution in [0.3, 0.4) is 0 Å². The molecule has 1 heterocycles. The Hall–Kier alpha value is -3.45. The molecular weight excluding hydrogens is 388 g/mol. The van der Waals surface area contributed by atoms with Gasteiger partial charge < -0.3 is 15.4 Å². The average molecular weight is 408 g/mol. The molecule has 3 rings (SSSR count). The van der Waals surface area contributed by atoms with Gasteiger partial charge in [-0.15, -0.1) is 11.3 Å². The van der Waals surface area contributed by atoms with Crippen molar-refractivity contribution < 1.29 is 19.1 Å². The molecule has 0 fully saturated rings. The highest BCUT2D eigenvalue weighted by molar-refractivity contribution is 7.09. The molecule has 0 saturated heterocycles. The van der Waals surface area contributed by atoms with Crippen LogP contribution in [0.1, 0.15) is 25.6 Å². The summed E-state index contributed by atoms with van der Waals surface area (Å²) in [6, 6.07) is 19.1. The van der Waals surface area contributed by atoms with Crippen LogP contribution in [0.15, 0.2) is 72.1 Å². The number of anilines is 1. The molecule has 0 spiro atoms. The van der Waals surface area contributed by atoms with Gasteiger partial charge in [-0.05, 0) is 42.1 Å². The van der Waals surface area contributed by atoms with Crippen LogP contribution in [-0.2, 0) is 16.0 Å². The van der Waals surface area contributed by atoms with Gasteiger partial charge in [0, 0.05) is 17.0 Å². The molecule has 0 radical (unpaired) electrons. The summed E-state index contributed by atoms with van der Waals surface area (Å²) in [5.41, 5.74) is 0.980. The van der Waals surface area contributed by atoms with Gasteiger partial charge in [-0.25, -0.2) is 4.79 Å². The summed E-state index contributed by atoms with van der Waals surface area (Å²) in [7, 11) is 0. The summed E-state index contributed by atoms with van der Waals surface area (Å²) >= 11 is 1.62. The Bertz CT molecular complexity index is 971. The van der Waals surface area contributed by atoms with Gasteiger partial charge in [0.2, 0.25) is 0 Å². The van der Waals surface area contributed by atoms with Crippen LogP contribution in [-0.4, -0.2) is 30.9 Å². The second-order valence-corrected chi connectivity index (χ2v) is 7.15. The molecule has 0 aliphatic carbocycles. The quantitative estimate of drug-likeness (QED) is 0.559. The van der Waals surface area contributed by atoms with Crippen molar-refractivity contribution in [1.29, 1.82) is 0 Å². The maximum Gasteiger partial charge on any atom is 0.340 e. The Morgan fingerprint density at radius 3 is 2.41 bits per heavy atom. The zero-order chi connectivity index (χ0) is 20.5. The monoisotopic (exact) mass is 408 g/mol. The fraction of sp³-hybridized carbons (Fsp3) is 0.136. The lowest BCUT2D eigenvalue weighted by molar-refractivity contribution is -0.124. The lowest BCUT2D eigenvalue weighted by atomic mass is 10.1. The molecule has 0 aliphatic heterocycles. The first kappa shape index (κ1) is 20.3. The van der Waals surface area contributed by atoms with E-state index in [1.807, 2.05) is 23.6 Å². The molecule has 0 bridgehead atoms. The van der Waals surface area contributed by atoms with Gasteiger partial charge in [0.1, 0.15) is 0 Å². The molecule has 0 atom stereocenters. The van der Waals surface area contributed by atoms with E-state index >= 15 is 0 Å². The third kappa shape index (κ3) is 6.02. The summed E-state index contributed by atoms with van der Waals surface area (Å²) in [6.45, 7) is 0.0882. The van der Waals surface area contributed by atoms with Crippen molar-refractivity contribution in [2.24, 2.45) is 0 Å². The third-order valence-corrected chi connectivity index (χ3v) is 4.98. The van der Waals surface area contributed by atoms with E-state index in [2.05, 4.69) is 10.6 Å². The van der Waals surface area contributed by atoms with Gasteiger partial charge in [0.25, 0.3) is 11.8 Å². The second-order valence-electron chi connectivity index (χ2n) is 6.12. The first-order valence-corrected chi connectivity index (χ1v) is 9.93. The van der Waals surface area contributed by atoms with Crippen molar-refractivity contribution in [3.63, 3.8) is 0 Å². The molecule has 0 aliphatic rings. The number of carbonyl (C=O) groups is 3. The normalized spacial score (nSPS) is 10.2. The van der Waals surface area contributed by atoms with E-state index in [-0.39, 0.29) is 24.0 Å². The summed E-state index contributed by atoms with van der Waals surface area (Å²) < 4.78 is 5.11. The molecule has 3 aromatic rings. The molecule has 2 N–H and O–H groups in total. The highest BCUT2D eigenvalue weighted by atomic mass is 32.1. The highest BCUT2D eigenvalue weighted by Gasteiger charge is 2.16. The fourth-order valence-electron chi connectivity index (χ4n) is 2.59. The van der Waals surface area contributed by atoms with Crippen molar-refractivity contribution in [2.45, 2.75) is 6.42 Å². The van der Waals surface area contributed by atoms with Crippen molar-refractivity contribution in [3.8, 4) is 0 Å². The first-order valence-electron chi connectivity index (χ1n) is 9.05. The number of amides is 2. The van der Waals surface area contributed by atoms with E-state index in [0.29, 0.717) is 17.8 Å². The van der Waals surface area contributed by atoms with Crippen LogP contribution in [0.5, 0.6) is 0 Å². The Morgan fingerprint density at radius 1 is 0.897 bits per heavy atom. The topological polar surface area (TPSA) is 84.5 Å². The number of hydrogen-bond acceptors (Lipinski definition) is 5. The minimum Gasteiger partial charge on any atom is -0.452 e. The number of rotatable bonds is 8. The second kappa shape index (κ2) is 10.2. The SMILES string of the molecule is O=C(COC(=O)c1ccccc1NC(=O)c1ccccc1)NCCc1cccs1. The smallest absolute Gasteiger partial charge is 0.340 e. The Balaban J connectivity index is 1.52. The molecule has 29 heavy (non-hydrogen) atoms. The lowest BCUT2D eigenvalue weighted by Crippen LogP contribution is -2.30. The molecule has 0 saturated carbocycles. The van der Waals surface area contributed by atoms with Crippen LogP contribution in [0.2, 0.25) is 0 Å². The minimum atomic E-state index is -0.678. The van der Waals surface area contributed by atoms with Gasteiger partial charge in [-0.2, -0.15) is 0 Å². The van der Waals surface area contributed by atoms with Gasteiger partial charge in [0.05, 0.1) is 11.3 Å². The zero-order valence-electron chi connectivity index (χ0n) is 15.6. The van der Waals surface area contributed by atoms with Gasteiger partial charge in [-0.1, -0.05) is 36.4 Å². The van der Waals surface area contributed by atoms with Crippen molar-refractivity contribution in [2.75, 3.05) is 18.5 Å². The number of ether oxygens (including phenoxy) is 1. The van der Waals surface area contributed by atoms with E-state index < -0.39 is 5.97 Å². The van der Waals surface area contributed by atoms with Crippen molar-refractivity contribution in [3.05, 3.63) is 88.1 Å². The van der Waals surface area contributed by atoms with E-state index in [9.17, 15) is 14.4 Å². The van der Waals surface area contributed by atoms with E-state index in [0.717, 1.165) is 6.42 Å². The molecule has 1 aromatic heterocycles. The molecular formula is C22H20N2O4S. The largest absolute Gasteiger partial charge is 0.452 e. The van der Waals surface area contributed by atoms with Crippen LogP contribution >= 0.6 is 11.3 Å².